The van der Waals surface area contributed by atoms with Crippen molar-refractivity contribution in [2.45, 2.75) is 25.7 Å². The molecule has 15 heavy (non-hydrogen) atoms. The van der Waals surface area contributed by atoms with Crippen molar-refractivity contribution in [3.05, 3.63) is 30.3 Å². The summed E-state index contributed by atoms with van der Waals surface area (Å²) in [7, 11) is 0. The maximum Gasteiger partial charge on any atom is 0.311 e. The molecule has 0 saturated heterocycles. The molecule has 0 saturated carbocycles. The first-order chi connectivity index (χ1) is 7.33. The number of para-hydroxylation sites is 1. The van der Waals surface area contributed by atoms with E-state index in [0.717, 1.165) is 12.8 Å². The monoisotopic (exact) mass is 207 g/mol. The molecule has 0 N–H and O–H groups in total. The number of unbranched alkanes of at least 4 members (excludes halogenated alkanes) is 2. The van der Waals surface area contributed by atoms with Crippen molar-refractivity contribution in [1.29, 1.82) is 0 Å². The van der Waals surface area contributed by atoms with Crippen molar-refractivity contribution in [3.63, 3.8) is 0 Å². The fourth-order valence-electron chi connectivity index (χ4n) is 1.22. The maximum absolute atomic E-state index is 11.3. The third kappa shape index (κ3) is 5.18. The summed E-state index contributed by atoms with van der Waals surface area (Å²) in [5.41, 5.74) is 0. The number of ether oxygens (including phenoxy) is 1. The normalized spacial score (nSPS) is 9.93. The highest BCUT2D eigenvalue weighted by Gasteiger charge is 2.03. The number of esters is 1. The molecule has 0 aliphatic carbocycles. The summed E-state index contributed by atoms with van der Waals surface area (Å²) in [5, 5.41) is 10.1. The summed E-state index contributed by atoms with van der Waals surface area (Å²) < 4.78 is 5.08. The van der Waals surface area contributed by atoms with Gasteiger partial charge in [0.1, 0.15) is 5.75 Å². The van der Waals surface area contributed by atoms with Crippen LogP contribution in [0.4, 0.5) is 0 Å². The van der Waals surface area contributed by atoms with Crippen LogP contribution in [0.3, 0.4) is 0 Å². The topological polar surface area (TPSA) is 46.2 Å². The van der Waals surface area contributed by atoms with Crippen molar-refractivity contribution in [2.75, 3.05) is 6.61 Å². The number of hydrogen-bond acceptors (Lipinski definition) is 2. The van der Waals surface area contributed by atoms with Crippen LogP contribution in [0.1, 0.15) is 25.7 Å². The van der Waals surface area contributed by atoms with E-state index >= 15 is 0 Å². The molecule has 0 amide bonds. The first kappa shape index (κ1) is 11.7. The Hall–Kier alpha value is -1.35. The average molecular weight is 207 g/mol. The van der Waals surface area contributed by atoms with Crippen LogP contribution < -0.4 is 4.74 Å². The molecule has 81 valence electrons. The first-order valence-electron chi connectivity index (χ1n) is 5.17. The van der Waals surface area contributed by atoms with Gasteiger partial charge in [-0.1, -0.05) is 24.6 Å². The molecule has 0 atom stereocenters. The molecule has 0 spiro atoms. The number of hydrogen-bond donors (Lipinski definition) is 0. The summed E-state index contributed by atoms with van der Waals surface area (Å²) in [6, 6.07) is 9.00. The van der Waals surface area contributed by atoms with E-state index in [-0.39, 0.29) is 12.6 Å². The van der Waals surface area contributed by atoms with Gasteiger partial charge in [0, 0.05) is 6.42 Å². The Labute approximate surface area is 89.7 Å². The highest BCUT2D eigenvalue weighted by Crippen LogP contribution is 2.10. The third-order valence-corrected chi connectivity index (χ3v) is 2.00. The molecule has 0 fully saturated rings. The first-order valence-corrected chi connectivity index (χ1v) is 5.17. The molecular weight excluding hydrogens is 192 g/mol. The van der Waals surface area contributed by atoms with E-state index in [1.807, 2.05) is 18.2 Å². The van der Waals surface area contributed by atoms with Gasteiger partial charge in [0.05, 0.1) is 6.61 Å². The minimum Gasteiger partial charge on any atom is -0.427 e. The van der Waals surface area contributed by atoms with E-state index in [0.29, 0.717) is 18.6 Å². The Bertz CT molecular complexity index is 282. The predicted molar refractivity (Wildman–Crippen MR) is 56.1 cm³/mol. The Morgan fingerprint density at radius 2 is 1.80 bits per heavy atom. The second kappa shape index (κ2) is 7.01. The molecule has 1 aromatic carbocycles. The fraction of sp³-hybridized carbons (Fsp3) is 0.417. The van der Waals surface area contributed by atoms with E-state index in [4.69, 9.17) is 4.74 Å². The van der Waals surface area contributed by atoms with Gasteiger partial charge in [0.2, 0.25) is 0 Å². The maximum atomic E-state index is 11.3. The van der Waals surface area contributed by atoms with Crippen molar-refractivity contribution in [3.8, 4) is 5.75 Å². The number of carbonyl (C=O) groups is 1. The Balaban J connectivity index is 2.19. The van der Waals surface area contributed by atoms with E-state index in [1.165, 1.54) is 0 Å². The zero-order chi connectivity index (χ0) is 10.9. The van der Waals surface area contributed by atoms with Crippen LogP contribution >= 0.6 is 0 Å². The van der Waals surface area contributed by atoms with Crippen molar-refractivity contribution in [1.82, 2.24) is 0 Å². The second-order valence-electron chi connectivity index (χ2n) is 3.30. The van der Waals surface area contributed by atoms with Crippen LogP contribution in [-0.4, -0.2) is 12.6 Å². The highest BCUT2D eigenvalue weighted by atomic mass is 16.5. The van der Waals surface area contributed by atoms with Gasteiger partial charge in [-0.2, -0.15) is 0 Å². The molecule has 0 aliphatic heterocycles. The summed E-state index contributed by atoms with van der Waals surface area (Å²) in [6.45, 7) is -0.0618. The number of carbonyl (C=O) groups excluding carboxylic acids is 1. The van der Waals surface area contributed by atoms with E-state index in [2.05, 4.69) is 0 Å². The molecule has 0 heterocycles. The second-order valence-corrected chi connectivity index (χ2v) is 3.30. The van der Waals surface area contributed by atoms with E-state index in [9.17, 15) is 9.90 Å². The number of benzene rings is 1. The smallest absolute Gasteiger partial charge is 0.311 e. The van der Waals surface area contributed by atoms with Crippen molar-refractivity contribution in [2.24, 2.45) is 0 Å². The van der Waals surface area contributed by atoms with Crippen molar-refractivity contribution < 1.29 is 14.6 Å². The van der Waals surface area contributed by atoms with Gasteiger partial charge in [0.15, 0.2) is 0 Å². The van der Waals surface area contributed by atoms with Crippen LogP contribution in [0.25, 0.3) is 0 Å². The quantitative estimate of drug-likeness (QED) is 0.409. The predicted octanol–water partition coefficient (Wildman–Crippen LogP) is 2.58. The molecule has 0 unspecified atom stereocenters. The largest absolute Gasteiger partial charge is 0.427 e. The molecule has 0 bridgehead atoms. The minimum absolute atomic E-state index is 0.0618. The van der Waals surface area contributed by atoms with E-state index in [1.54, 1.807) is 12.1 Å². The SMILES string of the molecule is [O]CCCCCC(=O)Oc1ccccc1. The van der Waals surface area contributed by atoms with E-state index < -0.39 is 0 Å². The molecule has 1 radical (unpaired) electrons. The Kier molecular flexibility index (Phi) is 5.48. The lowest BCUT2D eigenvalue weighted by molar-refractivity contribution is -0.134. The van der Waals surface area contributed by atoms with Crippen LogP contribution in [0.5, 0.6) is 5.75 Å². The van der Waals surface area contributed by atoms with Crippen LogP contribution in [-0.2, 0) is 9.90 Å². The van der Waals surface area contributed by atoms with Crippen molar-refractivity contribution >= 4 is 5.97 Å². The van der Waals surface area contributed by atoms with Gasteiger partial charge < -0.3 is 4.74 Å². The van der Waals surface area contributed by atoms with Gasteiger partial charge in [-0.25, -0.2) is 5.11 Å². The lowest BCUT2D eigenvalue weighted by atomic mass is 10.2. The zero-order valence-electron chi connectivity index (χ0n) is 8.65. The summed E-state index contributed by atoms with van der Waals surface area (Å²) >= 11 is 0. The average Bonchev–Trinajstić information content (AvgIpc) is 2.26. The number of rotatable bonds is 6. The van der Waals surface area contributed by atoms with Crippen LogP contribution in [0.2, 0.25) is 0 Å². The van der Waals surface area contributed by atoms with Crippen LogP contribution in [0, 0.1) is 0 Å². The molecule has 0 aliphatic rings. The summed E-state index contributed by atoms with van der Waals surface area (Å²) in [5.74, 6) is 0.346. The summed E-state index contributed by atoms with van der Waals surface area (Å²) in [6.07, 6.45) is 2.55. The third-order valence-electron chi connectivity index (χ3n) is 2.00. The highest BCUT2D eigenvalue weighted by molar-refractivity contribution is 5.72. The van der Waals surface area contributed by atoms with Gasteiger partial charge >= 0.3 is 5.97 Å². The van der Waals surface area contributed by atoms with Gasteiger partial charge in [0.25, 0.3) is 0 Å². The Morgan fingerprint density at radius 3 is 2.47 bits per heavy atom. The standard InChI is InChI=1S/C12H15O3/c13-10-6-2-5-9-12(14)15-11-7-3-1-4-8-11/h1,3-4,7-8H,2,5-6,9-10H2. The minimum atomic E-state index is -0.230. The molecular formula is C12H15O3. The van der Waals surface area contributed by atoms with Crippen LogP contribution in [0.15, 0.2) is 30.3 Å². The molecule has 1 aromatic rings. The summed E-state index contributed by atoms with van der Waals surface area (Å²) in [4.78, 5) is 11.3. The lowest BCUT2D eigenvalue weighted by Crippen LogP contribution is -2.07. The lowest BCUT2D eigenvalue weighted by Gasteiger charge is -2.03. The van der Waals surface area contributed by atoms with Gasteiger partial charge in [-0.05, 0) is 25.0 Å². The molecule has 0 aromatic heterocycles. The van der Waals surface area contributed by atoms with Gasteiger partial charge in [-0.15, -0.1) is 0 Å². The molecule has 3 nitrogen and oxygen atoms in total. The zero-order valence-corrected chi connectivity index (χ0v) is 8.65. The molecule has 3 heteroatoms. The Morgan fingerprint density at radius 1 is 1.07 bits per heavy atom. The molecule has 1 rings (SSSR count). The fourth-order valence-corrected chi connectivity index (χ4v) is 1.22. The van der Waals surface area contributed by atoms with Gasteiger partial charge in [-0.3, -0.25) is 4.79 Å².